The van der Waals surface area contributed by atoms with Crippen LogP contribution in [0.25, 0.3) is 5.69 Å². The van der Waals surface area contributed by atoms with Crippen LogP contribution in [0.5, 0.6) is 0 Å². The minimum atomic E-state index is -0.732. The third kappa shape index (κ3) is 2.55. The molecule has 0 amide bonds. The number of fused-ring (bicyclic) bond motifs is 3. The quantitative estimate of drug-likeness (QED) is 0.939. The van der Waals surface area contributed by atoms with Gasteiger partial charge in [-0.15, -0.1) is 0 Å². The van der Waals surface area contributed by atoms with Gasteiger partial charge in [0.2, 0.25) is 0 Å². The van der Waals surface area contributed by atoms with Crippen molar-refractivity contribution in [2.75, 3.05) is 13.1 Å². The van der Waals surface area contributed by atoms with Gasteiger partial charge >= 0.3 is 5.97 Å². The van der Waals surface area contributed by atoms with Gasteiger partial charge in [0.15, 0.2) is 0 Å². The Hall–Kier alpha value is -2.14. The number of aromatic nitrogens is 2. The highest BCUT2D eigenvalue weighted by Gasteiger charge is 2.30. The number of carbonyl (C=O) groups is 1. The van der Waals surface area contributed by atoms with E-state index in [2.05, 4.69) is 32.7 Å². The number of hydrogen-bond donors (Lipinski definition) is 1. The van der Waals surface area contributed by atoms with Crippen molar-refractivity contribution in [2.24, 2.45) is 0 Å². The van der Waals surface area contributed by atoms with Crippen LogP contribution < -0.4 is 0 Å². The Morgan fingerprint density at radius 3 is 2.78 bits per heavy atom. The van der Waals surface area contributed by atoms with Crippen molar-refractivity contribution in [3.05, 3.63) is 47.5 Å². The smallest absolute Gasteiger partial charge is 0.321 e. The summed E-state index contributed by atoms with van der Waals surface area (Å²) < 4.78 is 2.14. The van der Waals surface area contributed by atoms with Crippen molar-refractivity contribution in [1.29, 1.82) is 0 Å². The fourth-order valence-corrected chi connectivity index (χ4v) is 3.87. The first kappa shape index (κ1) is 14.5. The molecule has 0 spiro atoms. The molecule has 1 aromatic heterocycles. The topological polar surface area (TPSA) is 58.4 Å². The lowest BCUT2D eigenvalue weighted by molar-refractivity contribution is -0.142. The molecule has 1 aromatic carbocycles. The molecule has 3 heterocycles. The molecule has 0 radical (unpaired) electrons. The normalized spacial score (nSPS) is 18.4. The molecular formula is C18H21N3O2. The van der Waals surface area contributed by atoms with Gasteiger partial charge in [0, 0.05) is 17.8 Å². The van der Waals surface area contributed by atoms with Crippen LogP contribution in [-0.4, -0.2) is 44.7 Å². The van der Waals surface area contributed by atoms with Crippen molar-refractivity contribution in [1.82, 2.24) is 14.5 Å². The van der Waals surface area contributed by atoms with Gasteiger partial charge in [-0.3, -0.25) is 9.69 Å². The van der Waals surface area contributed by atoms with Crippen LogP contribution >= 0.6 is 0 Å². The average molecular weight is 311 g/mol. The number of carboxylic acids is 1. The second kappa shape index (κ2) is 5.81. The first-order valence-electron chi connectivity index (χ1n) is 8.34. The van der Waals surface area contributed by atoms with E-state index in [4.69, 9.17) is 0 Å². The molecule has 0 aliphatic carbocycles. The maximum absolute atomic E-state index is 11.7. The summed E-state index contributed by atoms with van der Waals surface area (Å²) in [7, 11) is 0. The van der Waals surface area contributed by atoms with Gasteiger partial charge in [-0.25, -0.2) is 4.98 Å². The van der Waals surface area contributed by atoms with Crippen LogP contribution in [0.15, 0.2) is 30.6 Å². The summed E-state index contributed by atoms with van der Waals surface area (Å²) in [6.45, 7) is 1.77. The van der Waals surface area contributed by atoms with Crippen LogP contribution in [0.2, 0.25) is 0 Å². The Labute approximate surface area is 135 Å². The molecule has 2 aliphatic rings. The first-order chi connectivity index (χ1) is 11.2. The van der Waals surface area contributed by atoms with Crippen molar-refractivity contribution >= 4 is 5.97 Å². The predicted octanol–water partition coefficient (Wildman–Crippen LogP) is 2.06. The molecular weight excluding hydrogens is 290 g/mol. The first-order valence-corrected chi connectivity index (χ1v) is 8.34. The minimum Gasteiger partial charge on any atom is -0.480 e. The van der Waals surface area contributed by atoms with E-state index in [0.29, 0.717) is 6.42 Å². The Morgan fingerprint density at radius 2 is 2.00 bits per heavy atom. The fourth-order valence-electron chi connectivity index (χ4n) is 3.87. The number of rotatable bonds is 4. The highest BCUT2D eigenvalue weighted by Crippen LogP contribution is 2.27. The number of imidazole rings is 1. The van der Waals surface area contributed by atoms with Gasteiger partial charge in [0.25, 0.3) is 0 Å². The maximum atomic E-state index is 11.7. The lowest BCUT2D eigenvalue weighted by Gasteiger charge is -2.24. The van der Waals surface area contributed by atoms with Gasteiger partial charge in [-0.05, 0) is 50.4 Å². The predicted molar refractivity (Wildman–Crippen MR) is 86.9 cm³/mol. The summed E-state index contributed by atoms with van der Waals surface area (Å²) in [5, 5.41) is 9.62. The molecule has 23 heavy (non-hydrogen) atoms. The van der Waals surface area contributed by atoms with Gasteiger partial charge in [0.05, 0.1) is 12.0 Å². The largest absolute Gasteiger partial charge is 0.480 e. The zero-order chi connectivity index (χ0) is 15.8. The molecule has 0 saturated carbocycles. The van der Waals surface area contributed by atoms with E-state index in [-0.39, 0.29) is 0 Å². The molecule has 5 heteroatoms. The van der Waals surface area contributed by atoms with Crippen LogP contribution in [0.3, 0.4) is 0 Å². The second-order valence-corrected chi connectivity index (χ2v) is 6.44. The van der Waals surface area contributed by atoms with Crippen LogP contribution in [-0.2, 0) is 24.1 Å². The number of likely N-dealkylation sites (tertiary alicyclic amines) is 1. The van der Waals surface area contributed by atoms with Crippen molar-refractivity contribution < 1.29 is 9.90 Å². The molecule has 120 valence electrons. The molecule has 5 nitrogen and oxygen atoms in total. The zero-order valence-electron chi connectivity index (χ0n) is 13.1. The number of para-hydroxylation sites is 1. The van der Waals surface area contributed by atoms with Crippen LogP contribution in [0.1, 0.15) is 29.8 Å². The summed E-state index contributed by atoms with van der Waals surface area (Å²) in [6.07, 6.45) is 6.47. The summed E-state index contributed by atoms with van der Waals surface area (Å²) in [4.78, 5) is 18.4. The van der Waals surface area contributed by atoms with E-state index in [1.165, 1.54) is 16.9 Å². The Kier molecular flexibility index (Phi) is 3.65. The monoisotopic (exact) mass is 311 g/mol. The molecule has 2 aromatic rings. The molecule has 1 unspecified atom stereocenters. The van der Waals surface area contributed by atoms with Crippen molar-refractivity contribution in [2.45, 2.75) is 38.1 Å². The standard InChI is InChI=1S/C18H21N3O2/c22-18(23)17(20-9-3-4-10-20)11-14-16-8-7-13-5-1-2-6-15(13)21(16)12-19-14/h1-2,5-6,12,17H,3-4,7-11H2,(H,22,23). The number of hydrogen-bond acceptors (Lipinski definition) is 3. The SMILES string of the molecule is O=C(O)C(Cc1ncn2c1CCc1ccccc1-2)N1CCCC1. The highest BCUT2D eigenvalue weighted by molar-refractivity contribution is 5.74. The third-order valence-electron chi connectivity index (χ3n) is 5.09. The van der Waals surface area contributed by atoms with Crippen LogP contribution in [0.4, 0.5) is 0 Å². The molecule has 1 fully saturated rings. The van der Waals surface area contributed by atoms with E-state index in [0.717, 1.165) is 44.5 Å². The number of aryl methyl sites for hydroxylation is 1. The molecule has 1 saturated heterocycles. The lowest BCUT2D eigenvalue weighted by atomic mass is 9.99. The molecule has 4 rings (SSSR count). The van der Waals surface area contributed by atoms with Gasteiger partial charge in [-0.2, -0.15) is 0 Å². The number of carboxylic acid groups (broad SMARTS) is 1. The molecule has 2 aliphatic heterocycles. The van der Waals surface area contributed by atoms with Crippen molar-refractivity contribution in [3.8, 4) is 5.69 Å². The molecule has 0 bridgehead atoms. The van der Waals surface area contributed by atoms with Gasteiger partial charge in [0.1, 0.15) is 6.04 Å². The number of aliphatic carboxylic acids is 1. The number of nitrogens with zero attached hydrogens (tertiary/aromatic N) is 3. The van der Waals surface area contributed by atoms with Gasteiger partial charge in [-0.1, -0.05) is 18.2 Å². The second-order valence-electron chi connectivity index (χ2n) is 6.44. The van der Waals surface area contributed by atoms with Gasteiger partial charge < -0.3 is 9.67 Å². The average Bonchev–Trinajstić information content (AvgIpc) is 3.22. The molecule has 1 N–H and O–H groups in total. The Morgan fingerprint density at radius 1 is 1.22 bits per heavy atom. The lowest BCUT2D eigenvalue weighted by Crippen LogP contribution is -2.41. The third-order valence-corrected chi connectivity index (χ3v) is 5.09. The minimum absolute atomic E-state index is 0.450. The van der Waals surface area contributed by atoms with E-state index >= 15 is 0 Å². The van der Waals surface area contributed by atoms with E-state index in [9.17, 15) is 9.90 Å². The Bertz CT molecular complexity index is 732. The summed E-state index contributed by atoms with van der Waals surface area (Å²) in [5.41, 5.74) is 4.63. The van der Waals surface area contributed by atoms with E-state index in [1.54, 1.807) is 0 Å². The maximum Gasteiger partial charge on any atom is 0.321 e. The van der Waals surface area contributed by atoms with E-state index < -0.39 is 12.0 Å². The van der Waals surface area contributed by atoms with Crippen LogP contribution in [0, 0.1) is 0 Å². The van der Waals surface area contributed by atoms with E-state index in [1.807, 2.05) is 12.4 Å². The summed E-state index contributed by atoms with van der Waals surface area (Å²) in [5.74, 6) is -0.732. The number of benzene rings is 1. The summed E-state index contributed by atoms with van der Waals surface area (Å²) >= 11 is 0. The highest BCUT2D eigenvalue weighted by atomic mass is 16.4. The molecule has 1 atom stereocenters. The zero-order valence-corrected chi connectivity index (χ0v) is 13.1. The fraction of sp³-hybridized carbons (Fsp3) is 0.444. The Balaban J connectivity index is 1.64. The summed E-state index contributed by atoms with van der Waals surface area (Å²) in [6, 6.07) is 7.92. The van der Waals surface area contributed by atoms with Crippen molar-refractivity contribution in [3.63, 3.8) is 0 Å².